The third-order valence-corrected chi connectivity index (χ3v) is 7.43. The first-order valence-electron chi connectivity index (χ1n) is 8.80. The van der Waals surface area contributed by atoms with E-state index in [-0.39, 0.29) is 17.3 Å². The zero-order valence-electron chi connectivity index (χ0n) is 15.5. The third kappa shape index (κ3) is 5.27. The van der Waals surface area contributed by atoms with Crippen molar-refractivity contribution in [3.8, 4) is 0 Å². The van der Waals surface area contributed by atoms with E-state index in [4.69, 9.17) is 11.6 Å². The number of carbonyl (C=O) groups is 1. The Morgan fingerprint density at radius 3 is 2.21 bits per heavy atom. The maximum absolute atomic E-state index is 12.7. The fourth-order valence-corrected chi connectivity index (χ4v) is 4.92. The zero-order valence-corrected chi connectivity index (χ0v) is 17.9. The van der Waals surface area contributed by atoms with Crippen LogP contribution in [0.15, 0.2) is 58.3 Å². The molecule has 0 spiro atoms. The van der Waals surface area contributed by atoms with Crippen LogP contribution in [0, 0.1) is 0 Å². The summed E-state index contributed by atoms with van der Waals surface area (Å²) in [6.07, 6.45) is 2.00. The summed E-state index contributed by atoms with van der Waals surface area (Å²) in [6, 6.07) is 13.8. The average molecular weight is 440 g/mol. The minimum Gasteiger partial charge on any atom is -0.325 e. The lowest BCUT2D eigenvalue weighted by Crippen LogP contribution is -2.50. The van der Waals surface area contributed by atoms with Gasteiger partial charge in [0.05, 0.1) is 11.4 Å². The van der Waals surface area contributed by atoms with Crippen molar-refractivity contribution in [1.82, 2.24) is 9.21 Å². The summed E-state index contributed by atoms with van der Waals surface area (Å²) >= 11 is 7.48. The monoisotopic (exact) mass is 439 g/mol. The molecule has 1 heterocycles. The Bertz CT molecular complexity index is 910. The fourth-order valence-electron chi connectivity index (χ4n) is 2.96. The van der Waals surface area contributed by atoms with Crippen molar-refractivity contribution in [2.75, 3.05) is 44.3 Å². The lowest BCUT2D eigenvalue weighted by atomic mass is 10.3. The predicted molar refractivity (Wildman–Crippen MR) is 114 cm³/mol. The highest BCUT2D eigenvalue weighted by atomic mass is 35.5. The summed E-state index contributed by atoms with van der Waals surface area (Å²) in [5.41, 5.74) is 0.756. The molecule has 1 amide bonds. The van der Waals surface area contributed by atoms with Crippen molar-refractivity contribution in [1.29, 1.82) is 0 Å². The van der Waals surface area contributed by atoms with Gasteiger partial charge in [0, 0.05) is 41.8 Å². The quantitative estimate of drug-likeness (QED) is 0.700. The van der Waals surface area contributed by atoms with Crippen LogP contribution in [0.3, 0.4) is 0 Å². The number of thioether (sulfide) groups is 1. The number of hydrogen-bond donors (Lipinski definition) is 1. The first-order valence-corrected chi connectivity index (χ1v) is 11.8. The molecule has 0 saturated carbocycles. The molecular weight excluding hydrogens is 418 g/mol. The Balaban J connectivity index is 1.51. The highest BCUT2D eigenvalue weighted by Crippen LogP contribution is 2.20. The molecule has 0 aromatic heterocycles. The van der Waals surface area contributed by atoms with Crippen LogP contribution < -0.4 is 5.32 Å². The maximum atomic E-state index is 12.7. The molecule has 1 fully saturated rings. The number of hydrogen-bond acceptors (Lipinski definition) is 5. The van der Waals surface area contributed by atoms with Crippen LogP contribution in [0.5, 0.6) is 0 Å². The van der Waals surface area contributed by atoms with Crippen LogP contribution in [-0.4, -0.2) is 62.5 Å². The number of carbonyl (C=O) groups excluding carboxylic acids is 1. The number of amides is 1. The van der Waals surface area contributed by atoms with Crippen molar-refractivity contribution >= 4 is 45.0 Å². The van der Waals surface area contributed by atoms with Crippen LogP contribution in [0.1, 0.15) is 0 Å². The van der Waals surface area contributed by atoms with Crippen molar-refractivity contribution in [2.24, 2.45) is 0 Å². The minimum absolute atomic E-state index is 0.106. The number of nitrogens with zero attached hydrogens (tertiary/aromatic N) is 2. The Kier molecular flexibility index (Phi) is 7.00. The van der Waals surface area contributed by atoms with Gasteiger partial charge in [-0.3, -0.25) is 9.69 Å². The molecule has 2 aromatic rings. The van der Waals surface area contributed by atoms with Gasteiger partial charge >= 0.3 is 0 Å². The van der Waals surface area contributed by atoms with Crippen LogP contribution in [0.2, 0.25) is 5.02 Å². The number of rotatable bonds is 6. The van der Waals surface area contributed by atoms with Crippen molar-refractivity contribution < 1.29 is 13.2 Å². The van der Waals surface area contributed by atoms with Gasteiger partial charge in [0.1, 0.15) is 0 Å². The topological polar surface area (TPSA) is 69.7 Å². The highest BCUT2D eigenvalue weighted by Gasteiger charge is 2.29. The minimum atomic E-state index is -3.54. The predicted octanol–water partition coefficient (Wildman–Crippen LogP) is 3.01. The summed E-state index contributed by atoms with van der Waals surface area (Å²) in [5.74, 6) is -0.106. The summed E-state index contributed by atoms with van der Waals surface area (Å²) in [7, 11) is -3.54. The zero-order chi connectivity index (χ0) is 20.1. The van der Waals surface area contributed by atoms with E-state index in [1.807, 2.05) is 35.4 Å². The largest absolute Gasteiger partial charge is 0.325 e. The molecule has 1 saturated heterocycles. The van der Waals surface area contributed by atoms with Crippen LogP contribution in [-0.2, 0) is 14.8 Å². The van der Waals surface area contributed by atoms with Crippen molar-refractivity contribution in [3.63, 3.8) is 0 Å². The molecule has 9 heteroatoms. The van der Waals surface area contributed by atoms with E-state index < -0.39 is 10.0 Å². The van der Waals surface area contributed by atoms with Gasteiger partial charge in [0.15, 0.2) is 0 Å². The Morgan fingerprint density at radius 1 is 1.04 bits per heavy atom. The lowest BCUT2D eigenvalue weighted by molar-refractivity contribution is -0.117. The van der Waals surface area contributed by atoms with Crippen LogP contribution in [0.4, 0.5) is 5.69 Å². The number of benzene rings is 2. The van der Waals surface area contributed by atoms with Crippen LogP contribution >= 0.6 is 23.4 Å². The van der Waals surface area contributed by atoms with Crippen molar-refractivity contribution in [3.05, 3.63) is 53.6 Å². The summed E-state index contributed by atoms with van der Waals surface area (Å²) in [5, 5.41) is 3.38. The standard InChI is InChI=1S/C19H22ClN3O3S2/c1-27-17-6-4-16(5-7-17)21-19(24)14-22-10-12-23(13-11-22)28(25,26)18-8-2-15(20)3-9-18/h2-9H,10-14H2,1H3,(H,21,24). The first kappa shape index (κ1) is 21.1. The number of sulfonamides is 1. The van der Waals surface area contributed by atoms with Gasteiger partial charge in [-0.2, -0.15) is 4.31 Å². The molecule has 6 nitrogen and oxygen atoms in total. The van der Waals surface area contributed by atoms with Gasteiger partial charge in [0.25, 0.3) is 0 Å². The molecule has 2 aromatic carbocycles. The average Bonchev–Trinajstić information content (AvgIpc) is 2.69. The first-order chi connectivity index (χ1) is 13.4. The molecule has 0 aliphatic carbocycles. The molecule has 3 rings (SSSR count). The van der Waals surface area contributed by atoms with Gasteiger partial charge in [-0.1, -0.05) is 11.6 Å². The van der Waals surface area contributed by atoms with E-state index in [1.54, 1.807) is 23.9 Å². The Labute approximate surface area is 174 Å². The normalized spacial score (nSPS) is 16.1. The molecule has 28 heavy (non-hydrogen) atoms. The molecule has 1 aliphatic heterocycles. The van der Waals surface area contributed by atoms with E-state index >= 15 is 0 Å². The maximum Gasteiger partial charge on any atom is 0.243 e. The second kappa shape index (κ2) is 9.28. The van der Waals surface area contributed by atoms with E-state index in [1.165, 1.54) is 16.4 Å². The second-order valence-electron chi connectivity index (χ2n) is 6.41. The molecule has 150 valence electrons. The van der Waals surface area contributed by atoms with Crippen LogP contribution in [0.25, 0.3) is 0 Å². The second-order valence-corrected chi connectivity index (χ2v) is 9.66. The number of anilines is 1. The van der Waals surface area contributed by atoms with Gasteiger partial charge in [-0.25, -0.2) is 8.42 Å². The molecule has 1 N–H and O–H groups in total. The highest BCUT2D eigenvalue weighted by molar-refractivity contribution is 7.98. The molecular formula is C19H22ClN3O3S2. The number of nitrogens with one attached hydrogen (secondary N) is 1. The van der Waals surface area contributed by atoms with Gasteiger partial charge in [-0.05, 0) is 54.8 Å². The third-order valence-electron chi connectivity index (χ3n) is 4.52. The Morgan fingerprint density at radius 2 is 1.64 bits per heavy atom. The van der Waals surface area contributed by atoms with E-state index in [0.717, 1.165) is 10.6 Å². The van der Waals surface area contributed by atoms with Gasteiger partial charge < -0.3 is 5.32 Å². The molecule has 0 unspecified atom stereocenters. The van der Waals surface area contributed by atoms with E-state index in [9.17, 15) is 13.2 Å². The summed E-state index contributed by atoms with van der Waals surface area (Å²) in [4.78, 5) is 15.6. The van der Waals surface area contributed by atoms with Gasteiger partial charge in [-0.15, -0.1) is 11.8 Å². The number of halogens is 1. The molecule has 1 aliphatic rings. The smallest absolute Gasteiger partial charge is 0.243 e. The Hall–Kier alpha value is -1.58. The lowest BCUT2D eigenvalue weighted by Gasteiger charge is -2.33. The van der Waals surface area contributed by atoms with Gasteiger partial charge in [0.2, 0.25) is 15.9 Å². The molecule has 0 bridgehead atoms. The fraction of sp³-hybridized carbons (Fsp3) is 0.316. The SMILES string of the molecule is CSc1ccc(NC(=O)CN2CCN(S(=O)(=O)c3ccc(Cl)cc3)CC2)cc1. The summed E-state index contributed by atoms with van der Waals surface area (Å²) in [6.45, 7) is 1.94. The number of piperazine rings is 1. The van der Waals surface area contributed by atoms with E-state index in [0.29, 0.717) is 31.2 Å². The van der Waals surface area contributed by atoms with E-state index in [2.05, 4.69) is 5.32 Å². The molecule has 0 radical (unpaired) electrons. The summed E-state index contributed by atoms with van der Waals surface area (Å²) < 4.78 is 26.9. The molecule has 0 atom stereocenters. The van der Waals surface area contributed by atoms with Crippen molar-refractivity contribution in [2.45, 2.75) is 9.79 Å².